The van der Waals surface area contributed by atoms with Gasteiger partial charge in [-0.2, -0.15) is 18.2 Å². The van der Waals surface area contributed by atoms with Gasteiger partial charge in [0, 0.05) is 30.0 Å². The summed E-state index contributed by atoms with van der Waals surface area (Å²) in [5.74, 6) is 0.0977. The summed E-state index contributed by atoms with van der Waals surface area (Å²) in [7, 11) is 1.57. The van der Waals surface area contributed by atoms with Gasteiger partial charge in [-0.15, -0.1) is 0 Å². The number of carbonyl (C=O) groups is 2. The van der Waals surface area contributed by atoms with Gasteiger partial charge in [-0.3, -0.25) is 14.6 Å². The number of halogens is 4. The summed E-state index contributed by atoms with van der Waals surface area (Å²) in [6, 6.07) is 13.6. The number of nitrogens with one attached hydrogen (secondary N) is 2. The van der Waals surface area contributed by atoms with E-state index in [4.69, 9.17) is 20.9 Å². The number of aryl methyl sites for hydroxylation is 1. The number of alkyl halides is 3. The quantitative estimate of drug-likeness (QED) is 0.229. The van der Waals surface area contributed by atoms with Crippen molar-refractivity contribution in [1.82, 2.24) is 30.3 Å². The lowest BCUT2D eigenvalue weighted by atomic mass is 10.1. The maximum Gasteiger partial charge on any atom is 0.417 e. The van der Waals surface area contributed by atoms with E-state index in [9.17, 15) is 22.8 Å². The topological polar surface area (TPSA) is 124 Å². The lowest BCUT2D eigenvalue weighted by Gasteiger charge is -2.18. The molecule has 0 atom stereocenters. The third-order valence-electron chi connectivity index (χ3n) is 7.36. The van der Waals surface area contributed by atoms with Gasteiger partial charge in [0.1, 0.15) is 17.0 Å². The molecule has 0 saturated heterocycles. The lowest BCUT2D eigenvalue weighted by molar-refractivity contribution is -0.137. The summed E-state index contributed by atoms with van der Waals surface area (Å²) in [4.78, 5) is 33.6. The van der Waals surface area contributed by atoms with Crippen molar-refractivity contribution >= 4 is 34.3 Å². The van der Waals surface area contributed by atoms with Crippen LogP contribution in [0.2, 0.25) is 5.02 Å². The Morgan fingerprint density at radius 1 is 1.11 bits per heavy atom. The second kappa shape index (κ2) is 11.0. The first kappa shape index (κ1) is 29.2. The molecule has 2 amide bonds. The normalized spacial score (nSPS) is 14.0. The van der Waals surface area contributed by atoms with Crippen LogP contribution in [0.15, 0.2) is 65.4 Å². The largest absolute Gasteiger partial charge is 0.497 e. The zero-order valence-electron chi connectivity index (χ0n) is 23.3. The third kappa shape index (κ3) is 5.46. The van der Waals surface area contributed by atoms with E-state index < -0.39 is 29.1 Å². The first-order valence-electron chi connectivity index (χ1n) is 13.4. The van der Waals surface area contributed by atoms with E-state index in [0.717, 1.165) is 28.4 Å². The number of methoxy groups -OCH3 is 1. The zero-order valence-corrected chi connectivity index (χ0v) is 24.1. The fraction of sp³-hybridized carbons (Fsp3) is 0.233. The molecular weight excluding hydrogens is 601 g/mol. The Kier molecular flexibility index (Phi) is 7.28. The molecule has 10 nitrogen and oxygen atoms in total. The maximum absolute atomic E-state index is 13.0. The summed E-state index contributed by atoms with van der Waals surface area (Å²) < 4.78 is 51.8. The van der Waals surface area contributed by atoms with Crippen LogP contribution in [0.1, 0.15) is 40.2 Å². The highest BCUT2D eigenvalue weighted by molar-refractivity contribution is 6.38. The fourth-order valence-electron chi connectivity index (χ4n) is 4.87. The molecule has 2 N–H and O–H groups in total. The van der Waals surface area contributed by atoms with Gasteiger partial charge in [-0.1, -0.05) is 28.9 Å². The van der Waals surface area contributed by atoms with Gasteiger partial charge in [0.25, 0.3) is 11.8 Å². The zero-order chi connectivity index (χ0) is 31.2. The van der Waals surface area contributed by atoms with E-state index in [1.165, 1.54) is 0 Å². The Morgan fingerprint density at radius 3 is 2.50 bits per heavy atom. The van der Waals surface area contributed by atoms with Crippen LogP contribution in [0.3, 0.4) is 0 Å². The van der Waals surface area contributed by atoms with Crippen LogP contribution < -0.4 is 15.4 Å². The van der Waals surface area contributed by atoms with Crippen molar-refractivity contribution in [3.05, 3.63) is 88.5 Å². The number of pyridine rings is 1. The van der Waals surface area contributed by atoms with Gasteiger partial charge in [-0.25, -0.2) is 0 Å². The lowest BCUT2D eigenvalue weighted by Crippen LogP contribution is -2.48. The minimum absolute atomic E-state index is 0.155. The van der Waals surface area contributed by atoms with Crippen LogP contribution in [0.25, 0.3) is 28.2 Å². The molecule has 14 heteroatoms. The first-order chi connectivity index (χ1) is 21.0. The molecule has 0 bridgehead atoms. The average molecular weight is 625 g/mol. The predicted molar refractivity (Wildman–Crippen MR) is 153 cm³/mol. The molecule has 1 saturated carbocycles. The van der Waals surface area contributed by atoms with Gasteiger partial charge >= 0.3 is 6.18 Å². The molecule has 0 spiro atoms. The van der Waals surface area contributed by atoms with Crippen LogP contribution in [0.5, 0.6) is 5.75 Å². The number of aromatic nitrogens is 4. The number of ether oxygens (including phenoxy) is 1. The molecule has 44 heavy (non-hydrogen) atoms. The Hall–Kier alpha value is -4.91. The number of rotatable bonds is 8. The van der Waals surface area contributed by atoms with Crippen LogP contribution in [0, 0.1) is 6.92 Å². The SMILES string of the molecule is COc1ccc2c(c1)c(Cl)c(-c1nc(C)no1)n2-c1ccc(CNC(=O)C2(NC(=O)c3cncc(C(F)(F)F)c3)CC2)cc1. The van der Waals surface area contributed by atoms with Crippen molar-refractivity contribution in [3.63, 3.8) is 0 Å². The number of amides is 2. The average Bonchev–Trinajstić information content (AvgIpc) is 3.58. The van der Waals surface area contributed by atoms with E-state index >= 15 is 0 Å². The number of carbonyl (C=O) groups excluding carboxylic acids is 2. The molecular formula is C30H24ClF3N6O4. The van der Waals surface area contributed by atoms with Crippen molar-refractivity contribution in [2.75, 3.05) is 7.11 Å². The predicted octanol–water partition coefficient (Wildman–Crippen LogP) is 5.64. The second-order valence-electron chi connectivity index (χ2n) is 10.4. The van der Waals surface area contributed by atoms with Crippen LogP contribution in [-0.2, 0) is 17.5 Å². The molecule has 1 aliphatic carbocycles. The van der Waals surface area contributed by atoms with Crippen LogP contribution >= 0.6 is 11.6 Å². The molecule has 0 unspecified atom stereocenters. The van der Waals surface area contributed by atoms with E-state index in [0.29, 0.717) is 47.4 Å². The smallest absolute Gasteiger partial charge is 0.417 e. The van der Waals surface area contributed by atoms with Crippen molar-refractivity contribution in [2.24, 2.45) is 0 Å². The summed E-state index contributed by atoms with van der Waals surface area (Å²) in [5, 5.41) is 10.4. The van der Waals surface area contributed by atoms with E-state index in [2.05, 4.69) is 25.8 Å². The Labute approximate surface area is 253 Å². The van der Waals surface area contributed by atoms with E-state index in [1.807, 2.05) is 47.0 Å². The van der Waals surface area contributed by atoms with E-state index in [-0.39, 0.29) is 18.0 Å². The number of hydrogen-bond acceptors (Lipinski definition) is 7. The Balaban J connectivity index is 1.19. The molecule has 0 radical (unpaired) electrons. The standard InChI is InChI=1S/C30H24ClF3N6O4/c1-16-37-27(44-39-16)25-24(31)22-12-21(43-2)7-8-23(22)40(25)20-5-3-17(4-6-20)13-36-28(42)29(9-10-29)38-26(41)18-11-19(15-35-14-18)30(32,33)34/h3-8,11-12,14-15H,9-10,13H2,1-2H3,(H,36,42)(H,38,41). The van der Waals surface area contributed by atoms with Gasteiger partial charge in [0.15, 0.2) is 5.82 Å². The van der Waals surface area contributed by atoms with Gasteiger partial charge < -0.3 is 24.5 Å². The summed E-state index contributed by atoms with van der Waals surface area (Å²) in [6.07, 6.45) is -2.25. The molecule has 1 aliphatic rings. The highest BCUT2D eigenvalue weighted by atomic mass is 35.5. The molecule has 2 aromatic carbocycles. The first-order valence-corrected chi connectivity index (χ1v) is 13.8. The van der Waals surface area contributed by atoms with Crippen LogP contribution in [-0.4, -0.2) is 44.2 Å². The number of hydrogen-bond donors (Lipinski definition) is 2. The van der Waals surface area contributed by atoms with Crippen molar-refractivity contribution in [2.45, 2.75) is 38.0 Å². The second-order valence-corrected chi connectivity index (χ2v) is 10.8. The monoisotopic (exact) mass is 624 g/mol. The van der Waals surface area contributed by atoms with Gasteiger partial charge in [0.2, 0.25) is 5.91 Å². The van der Waals surface area contributed by atoms with Gasteiger partial charge in [0.05, 0.1) is 28.8 Å². The molecule has 6 rings (SSSR count). The summed E-state index contributed by atoms with van der Waals surface area (Å²) in [5.41, 5.74) is 0.297. The number of nitrogens with zero attached hydrogens (tertiary/aromatic N) is 4. The molecule has 0 aliphatic heterocycles. The highest BCUT2D eigenvalue weighted by Gasteiger charge is 2.51. The fourth-order valence-corrected chi connectivity index (χ4v) is 5.18. The Bertz CT molecular complexity index is 1900. The highest BCUT2D eigenvalue weighted by Crippen LogP contribution is 2.41. The van der Waals surface area contributed by atoms with Crippen molar-refractivity contribution in [1.29, 1.82) is 0 Å². The maximum atomic E-state index is 13.0. The molecule has 3 heterocycles. The summed E-state index contributed by atoms with van der Waals surface area (Å²) >= 11 is 6.82. The molecule has 3 aromatic heterocycles. The summed E-state index contributed by atoms with van der Waals surface area (Å²) in [6.45, 7) is 1.86. The van der Waals surface area contributed by atoms with E-state index in [1.54, 1.807) is 14.0 Å². The van der Waals surface area contributed by atoms with Crippen LogP contribution in [0.4, 0.5) is 13.2 Å². The third-order valence-corrected chi connectivity index (χ3v) is 7.74. The molecule has 5 aromatic rings. The number of fused-ring (bicyclic) bond motifs is 1. The molecule has 226 valence electrons. The Morgan fingerprint density at radius 2 is 1.86 bits per heavy atom. The minimum atomic E-state index is -4.64. The van der Waals surface area contributed by atoms with Crippen molar-refractivity contribution in [3.8, 4) is 23.0 Å². The van der Waals surface area contributed by atoms with Crippen molar-refractivity contribution < 1.29 is 32.0 Å². The number of benzene rings is 2. The van der Waals surface area contributed by atoms with Gasteiger partial charge in [-0.05, 0) is 61.7 Å². The molecule has 1 fully saturated rings. The minimum Gasteiger partial charge on any atom is -0.497 e.